The van der Waals surface area contributed by atoms with Crippen molar-refractivity contribution in [2.75, 3.05) is 26.2 Å². The first-order valence-electron chi connectivity index (χ1n) is 9.24. The van der Waals surface area contributed by atoms with E-state index < -0.39 is 0 Å². The van der Waals surface area contributed by atoms with Gasteiger partial charge in [-0.05, 0) is 56.4 Å². The summed E-state index contributed by atoms with van der Waals surface area (Å²) in [5, 5.41) is 13.1. The summed E-state index contributed by atoms with van der Waals surface area (Å²) in [5.74, 6) is 2.46. The highest BCUT2D eigenvalue weighted by molar-refractivity contribution is 4.90. The maximum absolute atomic E-state index is 9.39. The van der Waals surface area contributed by atoms with E-state index >= 15 is 0 Å². The Labute approximate surface area is 131 Å². The minimum Gasteiger partial charge on any atom is -0.395 e. The molecule has 124 valence electrons. The largest absolute Gasteiger partial charge is 0.395 e. The predicted molar refractivity (Wildman–Crippen MR) is 89.4 cm³/mol. The Morgan fingerprint density at radius 1 is 1.19 bits per heavy atom. The Hall–Kier alpha value is -0.120. The maximum Gasteiger partial charge on any atom is 0.0558 e. The first-order valence-corrected chi connectivity index (χ1v) is 9.24. The molecular formula is C18H36N2O. The summed E-state index contributed by atoms with van der Waals surface area (Å²) in [6.45, 7) is 10.4. The van der Waals surface area contributed by atoms with E-state index in [1.807, 2.05) is 0 Å². The van der Waals surface area contributed by atoms with Gasteiger partial charge >= 0.3 is 0 Å². The molecule has 2 saturated carbocycles. The maximum atomic E-state index is 9.39. The van der Waals surface area contributed by atoms with Crippen LogP contribution < -0.4 is 5.32 Å². The van der Waals surface area contributed by atoms with Crippen LogP contribution >= 0.6 is 0 Å². The minimum atomic E-state index is 0.308. The van der Waals surface area contributed by atoms with Crippen LogP contribution in [0.4, 0.5) is 0 Å². The molecule has 0 aromatic rings. The molecule has 3 heteroatoms. The van der Waals surface area contributed by atoms with Gasteiger partial charge < -0.3 is 10.4 Å². The van der Waals surface area contributed by atoms with Crippen LogP contribution in [0.3, 0.4) is 0 Å². The SMILES string of the molecule is CCNC1CCC(C(C)C)CC1CN(CCO)C1CCC1. The fraction of sp³-hybridized carbons (Fsp3) is 1.00. The highest BCUT2D eigenvalue weighted by Gasteiger charge is 2.34. The number of hydrogen-bond donors (Lipinski definition) is 2. The fourth-order valence-electron chi connectivity index (χ4n) is 4.24. The first kappa shape index (κ1) is 17.2. The van der Waals surface area contributed by atoms with Crippen molar-refractivity contribution < 1.29 is 5.11 Å². The molecular weight excluding hydrogens is 260 g/mol. The van der Waals surface area contributed by atoms with Gasteiger partial charge in [0.15, 0.2) is 0 Å². The molecule has 2 aliphatic rings. The average molecular weight is 296 g/mol. The lowest BCUT2D eigenvalue weighted by molar-refractivity contribution is 0.0556. The van der Waals surface area contributed by atoms with Gasteiger partial charge in [0.05, 0.1) is 6.61 Å². The van der Waals surface area contributed by atoms with Crippen molar-refractivity contribution in [2.24, 2.45) is 17.8 Å². The van der Waals surface area contributed by atoms with E-state index in [2.05, 4.69) is 31.0 Å². The number of nitrogens with zero attached hydrogens (tertiary/aromatic N) is 1. The van der Waals surface area contributed by atoms with Gasteiger partial charge in [0.2, 0.25) is 0 Å². The number of hydrogen-bond acceptors (Lipinski definition) is 3. The van der Waals surface area contributed by atoms with Crippen molar-refractivity contribution in [3.63, 3.8) is 0 Å². The third-order valence-corrected chi connectivity index (χ3v) is 5.88. The van der Waals surface area contributed by atoms with Gasteiger partial charge in [-0.1, -0.05) is 27.2 Å². The predicted octanol–water partition coefficient (Wildman–Crippen LogP) is 2.88. The molecule has 0 saturated heterocycles. The van der Waals surface area contributed by atoms with Crippen molar-refractivity contribution in [1.29, 1.82) is 0 Å². The monoisotopic (exact) mass is 296 g/mol. The molecule has 2 aliphatic carbocycles. The summed E-state index contributed by atoms with van der Waals surface area (Å²) in [4.78, 5) is 2.58. The van der Waals surface area contributed by atoms with Crippen LogP contribution in [0.25, 0.3) is 0 Å². The third-order valence-electron chi connectivity index (χ3n) is 5.88. The topological polar surface area (TPSA) is 35.5 Å². The first-order chi connectivity index (χ1) is 10.2. The van der Waals surface area contributed by atoms with Gasteiger partial charge in [-0.2, -0.15) is 0 Å². The molecule has 3 atom stereocenters. The summed E-state index contributed by atoms with van der Waals surface area (Å²) in [5.41, 5.74) is 0. The summed E-state index contributed by atoms with van der Waals surface area (Å²) in [6.07, 6.45) is 8.14. The minimum absolute atomic E-state index is 0.308. The van der Waals surface area contributed by atoms with Crippen LogP contribution in [0.1, 0.15) is 59.3 Å². The summed E-state index contributed by atoms with van der Waals surface area (Å²) in [6, 6.07) is 1.44. The summed E-state index contributed by atoms with van der Waals surface area (Å²) in [7, 11) is 0. The van der Waals surface area contributed by atoms with Gasteiger partial charge in [-0.25, -0.2) is 0 Å². The van der Waals surface area contributed by atoms with Crippen LogP contribution in [0.15, 0.2) is 0 Å². The highest BCUT2D eigenvalue weighted by atomic mass is 16.3. The molecule has 0 amide bonds. The molecule has 21 heavy (non-hydrogen) atoms. The second kappa shape index (κ2) is 8.50. The van der Waals surface area contributed by atoms with Crippen LogP contribution in [0.2, 0.25) is 0 Å². The smallest absolute Gasteiger partial charge is 0.0558 e. The number of aliphatic hydroxyl groups is 1. The summed E-state index contributed by atoms with van der Waals surface area (Å²) < 4.78 is 0. The van der Waals surface area contributed by atoms with Crippen molar-refractivity contribution >= 4 is 0 Å². The van der Waals surface area contributed by atoms with E-state index in [0.717, 1.165) is 36.9 Å². The molecule has 0 heterocycles. The Morgan fingerprint density at radius 2 is 1.95 bits per heavy atom. The van der Waals surface area contributed by atoms with E-state index in [1.165, 1.54) is 45.1 Å². The van der Waals surface area contributed by atoms with Gasteiger partial charge in [0.25, 0.3) is 0 Å². The fourth-order valence-corrected chi connectivity index (χ4v) is 4.24. The molecule has 3 unspecified atom stereocenters. The van der Waals surface area contributed by atoms with E-state index in [1.54, 1.807) is 0 Å². The van der Waals surface area contributed by atoms with E-state index in [0.29, 0.717) is 12.6 Å². The van der Waals surface area contributed by atoms with Crippen molar-refractivity contribution in [1.82, 2.24) is 10.2 Å². The average Bonchev–Trinajstić information content (AvgIpc) is 2.39. The van der Waals surface area contributed by atoms with Gasteiger partial charge in [-0.15, -0.1) is 0 Å². The number of aliphatic hydroxyl groups excluding tert-OH is 1. The molecule has 0 radical (unpaired) electrons. The quantitative estimate of drug-likeness (QED) is 0.723. The van der Waals surface area contributed by atoms with Crippen LogP contribution in [-0.2, 0) is 0 Å². The number of nitrogens with one attached hydrogen (secondary N) is 1. The molecule has 0 aliphatic heterocycles. The molecule has 0 spiro atoms. The molecule has 0 aromatic heterocycles. The zero-order chi connectivity index (χ0) is 15.2. The lowest BCUT2D eigenvalue weighted by Crippen LogP contribution is -2.50. The van der Waals surface area contributed by atoms with E-state index in [-0.39, 0.29) is 0 Å². The normalized spacial score (nSPS) is 30.9. The van der Waals surface area contributed by atoms with Gasteiger partial charge in [-0.3, -0.25) is 4.90 Å². The van der Waals surface area contributed by atoms with E-state index in [9.17, 15) is 5.11 Å². The van der Waals surface area contributed by atoms with Crippen LogP contribution in [0, 0.1) is 17.8 Å². The standard InChI is InChI=1S/C18H36N2O/c1-4-19-18-9-8-15(14(2)3)12-16(18)13-20(10-11-21)17-6-5-7-17/h14-19,21H,4-13H2,1-3H3. The van der Waals surface area contributed by atoms with Crippen molar-refractivity contribution in [2.45, 2.75) is 71.4 Å². The molecule has 3 nitrogen and oxygen atoms in total. The second-order valence-corrected chi connectivity index (χ2v) is 7.54. The Kier molecular flexibility index (Phi) is 6.97. The summed E-state index contributed by atoms with van der Waals surface area (Å²) >= 11 is 0. The molecule has 2 N–H and O–H groups in total. The zero-order valence-electron chi connectivity index (χ0n) is 14.4. The van der Waals surface area contributed by atoms with Crippen molar-refractivity contribution in [3.8, 4) is 0 Å². The van der Waals surface area contributed by atoms with Crippen LogP contribution in [0.5, 0.6) is 0 Å². The molecule has 2 rings (SSSR count). The molecule has 0 aromatic carbocycles. The Morgan fingerprint density at radius 3 is 2.48 bits per heavy atom. The van der Waals surface area contributed by atoms with Crippen molar-refractivity contribution in [3.05, 3.63) is 0 Å². The molecule has 0 bridgehead atoms. The van der Waals surface area contributed by atoms with E-state index in [4.69, 9.17) is 0 Å². The van der Waals surface area contributed by atoms with Gasteiger partial charge in [0.1, 0.15) is 0 Å². The van der Waals surface area contributed by atoms with Crippen LogP contribution in [-0.4, -0.2) is 48.3 Å². The lowest BCUT2D eigenvalue weighted by Gasteiger charge is -2.44. The Balaban J connectivity index is 1.96. The number of rotatable bonds is 8. The Bertz CT molecular complexity index is 291. The second-order valence-electron chi connectivity index (χ2n) is 7.54. The molecule has 2 fully saturated rings. The van der Waals surface area contributed by atoms with Gasteiger partial charge in [0, 0.05) is 25.2 Å². The zero-order valence-corrected chi connectivity index (χ0v) is 14.4. The highest BCUT2D eigenvalue weighted by Crippen LogP contribution is 2.35. The lowest BCUT2D eigenvalue weighted by atomic mass is 9.73. The third kappa shape index (κ3) is 4.67.